The van der Waals surface area contributed by atoms with Gasteiger partial charge in [-0.2, -0.15) is 53.8 Å². The molecule has 0 spiro atoms. The summed E-state index contributed by atoms with van der Waals surface area (Å²) < 4.78 is 11.5. The first kappa shape index (κ1) is 108. The van der Waals surface area contributed by atoms with Gasteiger partial charge in [0.15, 0.2) is 15.9 Å². The number of nitrogens with one attached hydrogen (secondary N) is 5. The van der Waals surface area contributed by atoms with Gasteiger partial charge in [0.05, 0.1) is 33.2 Å². The molecule has 1 fully saturated rings. The van der Waals surface area contributed by atoms with Crippen molar-refractivity contribution in [3.8, 4) is 22.8 Å². The molecule has 1 aliphatic rings. The van der Waals surface area contributed by atoms with Gasteiger partial charge in [-0.05, 0) is 179 Å². The largest absolute Gasteiger partial charge is 0.381 e. The van der Waals surface area contributed by atoms with Crippen LogP contribution in [0.4, 0.5) is 11.9 Å². The fraction of sp³-hybridized carbons (Fsp3) is 0.299. The number of H-pyrrole nitrogens is 2. The predicted molar refractivity (Wildman–Crippen MR) is 519 cm³/mol. The Bertz CT molecular complexity index is 5940. The van der Waals surface area contributed by atoms with E-state index in [9.17, 15) is 19.2 Å². The highest BCUT2D eigenvalue weighted by Gasteiger charge is 2.20. The first-order chi connectivity index (χ1) is 62.6. The lowest BCUT2D eigenvalue weighted by Crippen LogP contribution is -2.31. The molecule has 131 heavy (non-hydrogen) atoms. The molecule has 16 aromatic rings. The summed E-state index contributed by atoms with van der Waals surface area (Å²) in [6, 6.07) is 51.9. The minimum absolute atomic E-state index is 0. The third-order valence-electron chi connectivity index (χ3n) is 16.9. The lowest BCUT2D eigenvalue weighted by atomic mass is 10.3. The number of aromatic amines is 2. The molecule has 0 atom stereocenters. The third kappa shape index (κ3) is 35.3. The van der Waals surface area contributed by atoms with Crippen LogP contribution in [0.2, 0.25) is 0 Å². The van der Waals surface area contributed by atoms with Crippen LogP contribution in [-0.2, 0) is 9.53 Å². The molecule has 692 valence electrons. The molecule has 0 unspecified atom stereocenters. The zero-order chi connectivity index (χ0) is 94.9. The van der Waals surface area contributed by atoms with Gasteiger partial charge in [0.2, 0.25) is 40.9 Å². The van der Waals surface area contributed by atoms with Gasteiger partial charge in [-0.15, -0.1) is 30.6 Å². The van der Waals surface area contributed by atoms with Crippen molar-refractivity contribution in [2.75, 3.05) is 113 Å². The summed E-state index contributed by atoms with van der Waals surface area (Å²) in [6.07, 6.45) is 16.3. The number of benzene rings is 5. The number of carbonyl (C=O) groups is 4. The number of pyridine rings is 4. The number of ether oxygens (including phenoxy) is 1. The van der Waals surface area contributed by atoms with Crippen LogP contribution in [0, 0.1) is 10.8 Å². The van der Waals surface area contributed by atoms with E-state index in [1.54, 1.807) is 123 Å². The Morgan fingerprint density at radius 1 is 0.489 bits per heavy atom. The molecule has 1 aliphatic heterocycles. The van der Waals surface area contributed by atoms with E-state index in [0.717, 1.165) is 85.3 Å². The van der Waals surface area contributed by atoms with E-state index in [2.05, 4.69) is 138 Å². The summed E-state index contributed by atoms with van der Waals surface area (Å²) in [7, 11) is 18.4. The second-order valence-corrected chi connectivity index (χ2v) is 30.0. The van der Waals surface area contributed by atoms with E-state index in [1.807, 2.05) is 193 Å². The molecule has 1 saturated heterocycles. The van der Waals surface area contributed by atoms with Crippen LogP contribution in [0.25, 0.3) is 77.9 Å². The first-order valence-electron chi connectivity index (χ1n) is 40.4. The minimum atomic E-state index is -0.750. The van der Waals surface area contributed by atoms with Crippen molar-refractivity contribution in [3.05, 3.63) is 231 Å². The SMILES string of the molecule is C.C1CCOC1.CCC(=O)Cl.CCC(=O)n1nc(-c2cccnc2)nc1N(C)C.CCN(CC)CC.CN(C)C(=N)n1nnc2ccccc21.CN(C)C(=NC(=O)c1cccnc1)n1nnc2ccccc21.CN(C)c1n[nH]c(-c2cccnc2)n1.CNC.ClC(Cl)Cl.N=C(n1nnc2ccccc21)n1nnc2ccccc21.O=C(Cl)c1cccnc1.c1ccc2n[nH]nc2c1. The van der Waals surface area contributed by atoms with Crippen molar-refractivity contribution >= 4 is 165 Å². The van der Waals surface area contributed by atoms with E-state index in [1.165, 1.54) is 63.6 Å². The summed E-state index contributed by atoms with van der Waals surface area (Å²) in [6.45, 7) is 15.6. The van der Waals surface area contributed by atoms with Gasteiger partial charge < -0.3 is 34.6 Å². The number of aliphatic imine (C=N–C) groups is 1. The Morgan fingerprint density at radius 2 is 0.885 bits per heavy atom. The summed E-state index contributed by atoms with van der Waals surface area (Å²) in [5.74, 6) is 2.77. The molecule has 0 saturated carbocycles. The fourth-order valence-corrected chi connectivity index (χ4v) is 10.5. The van der Waals surface area contributed by atoms with Crippen LogP contribution >= 0.6 is 58.0 Å². The lowest BCUT2D eigenvalue weighted by molar-refractivity contribution is -0.111. The number of hydrogen-bond acceptors (Lipinski definition) is 29. The molecule has 0 aliphatic carbocycles. The van der Waals surface area contributed by atoms with Crippen LogP contribution < -0.4 is 15.1 Å². The molecule has 0 bridgehead atoms. The average Bonchev–Trinajstić information content (AvgIpc) is 1.64. The maximum Gasteiger partial charge on any atom is 0.281 e. The normalized spacial score (nSPS) is 10.8. The number of para-hydroxylation sites is 6. The van der Waals surface area contributed by atoms with E-state index >= 15 is 0 Å². The Kier molecular flexibility index (Phi) is 48.2. The highest BCUT2D eigenvalue weighted by atomic mass is 35.6. The summed E-state index contributed by atoms with van der Waals surface area (Å²) in [5, 5.41) is 71.7. The smallest absolute Gasteiger partial charge is 0.281 e. The molecule has 0 radical (unpaired) electrons. The topological polar surface area (TPSA) is 454 Å². The Morgan fingerprint density at radius 3 is 1.23 bits per heavy atom. The highest BCUT2D eigenvalue weighted by molar-refractivity contribution is 6.67. The molecule has 39 nitrogen and oxygen atoms in total. The number of rotatable bonds is 11. The summed E-state index contributed by atoms with van der Waals surface area (Å²) in [4.78, 5) is 81.9. The highest BCUT2D eigenvalue weighted by Crippen LogP contribution is 2.21. The van der Waals surface area contributed by atoms with Gasteiger partial charge in [0, 0.05) is 143 Å². The second-order valence-electron chi connectivity index (χ2n) is 27.2. The van der Waals surface area contributed by atoms with Crippen molar-refractivity contribution in [3.63, 3.8) is 0 Å². The third-order valence-corrected chi connectivity index (χ3v) is 17.4. The number of alkyl halides is 3. The Hall–Kier alpha value is -13.8. The van der Waals surface area contributed by atoms with Gasteiger partial charge in [-0.25, -0.2) is 0 Å². The van der Waals surface area contributed by atoms with Crippen molar-refractivity contribution in [2.45, 2.75) is 72.0 Å². The van der Waals surface area contributed by atoms with Crippen molar-refractivity contribution < 1.29 is 23.9 Å². The van der Waals surface area contributed by atoms with E-state index in [4.69, 9.17) is 73.6 Å². The maximum absolute atomic E-state index is 12.3. The monoisotopic (exact) mass is 1880 g/mol. The minimum Gasteiger partial charge on any atom is -0.381 e. The van der Waals surface area contributed by atoms with Crippen molar-refractivity contribution in [1.82, 2.24) is 145 Å². The predicted octanol–water partition coefficient (Wildman–Crippen LogP) is 14.3. The zero-order valence-corrected chi connectivity index (χ0v) is 78.4. The number of nitrogens with zero attached hydrogens (tertiary/aromatic N) is 29. The molecule has 1 amide bonds. The van der Waals surface area contributed by atoms with E-state index < -0.39 is 9.54 Å². The van der Waals surface area contributed by atoms with Gasteiger partial charge in [0.25, 0.3) is 11.1 Å². The number of amides is 1. The van der Waals surface area contributed by atoms with Crippen LogP contribution in [-0.4, -0.2) is 288 Å². The molecule has 5 aromatic carbocycles. The molecule has 12 heterocycles. The molecule has 11 aromatic heterocycles. The quantitative estimate of drug-likeness (QED) is 0.0347. The second kappa shape index (κ2) is 58.6. The molecular weight excluding hydrogens is 1780 g/mol. The average molecular weight is 1890 g/mol. The van der Waals surface area contributed by atoms with Crippen LogP contribution in [0.1, 0.15) is 93.2 Å². The lowest BCUT2D eigenvalue weighted by Gasteiger charge is -2.15. The van der Waals surface area contributed by atoms with Crippen molar-refractivity contribution in [1.29, 1.82) is 10.8 Å². The fourth-order valence-electron chi connectivity index (χ4n) is 10.4. The number of halogens is 5. The van der Waals surface area contributed by atoms with Gasteiger partial charge in [-0.3, -0.25) is 55.0 Å². The molecular formula is C87H109Cl5N34O5. The van der Waals surface area contributed by atoms with Crippen LogP contribution in [0.5, 0.6) is 0 Å². The molecule has 17 rings (SSSR count). The Labute approximate surface area is 783 Å². The first-order valence-corrected chi connectivity index (χ1v) is 42.4. The number of hydrogen-bond donors (Lipinski definition) is 5. The van der Waals surface area contributed by atoms with E-state index in [-0.39, 0.29) is 30.4 Å². The van der Waals surface area contributed by atoms with Crippen LogP contribution in [0.3, 0.4) is 0 Å². The number of aromatic nitrogens is 25. The van der Waals surface area contributed by atoms with Gasteiger partial charge >= 0.3 is 0 Å². The van der Waals surface area contributed by atoms with Crippen LogP contribution in [0.15, 0.2) is 224 Å². The zero-order valence-electron chi connectivity index (χ0n) is 74.6. The van der Waals surface area contributed by atoms with Gasteiger partial charge in [0.1, 0.15) is 33.1 Å². The molecule has 44 heteroatoms. The standard InChI is InChI=1S/C15H14N6O.C13H9N7.C12H15N5O.2C9H11N5.C6H4ClNO.C6H5N3.C6H15N.C4H8O.C3H5ClO.C2H7N.CHCl3.CH4/c1-20(2)15(17-14(22)11-6-5-9-16-10-11)21-13-8-4-3-7-12(13)18-19-21;14-13(19-11-7-3-1-5-9(11)15-17-19)20-12-8-4-2-6-10(12)16-18-20;1-4-10(18)17-12(16(2)3)14-11(15-17)9-6-5-7-13-8-9;1-14(2)9-11-8(12-13-9)7-4-3-5-10-6-7;1-13(2)9(10)14-8-6-4-3-5-7(8)11-12-14;7-6(9)5-2-1-3-8-4-5;1-2-4-6-5(3-1)7-9-8-6;1-4-7(5-2)6-3;1-2-4-5-3-1;1-2-3(4)5;1-3-2;2-1(3)4;/h3-10H,1-2H3;1-8,14H;5-8H,4H2,1-3H3;3-6H,1-2H3,(H,11,12,13);3-6,10H,1-2H3;1-4H;1-4H,(H,7,8,9);4-6H2,1-3H3;1-4H2;2H2,1H3;3H,1-2H3;1H;1H4. The van der Waals surface area contributed by atoms with Gasteiger partial charge in [-0.1, -0.05) is 158 Å². The molecule has 5 N–H and O–H groups in total. The summed E-state index contributed by atoms with van der Waals surface area (Å²) >= 11 is 24.4. The number of carbonyl (C=O) groups excluding carboxylic acids is 4. The maximum atomic E-state index is 12.3. The number of anilines is 2. The number of fused-ring (bicyclic) bond motifs is 5. The Balaban J connectivity index is 0.000000263. The van der Waals surface area contributed by atoms with Crippen molar-refractivity contribution in [2.24, 2.45) is 4.99 Å². The van der Waals surface area contributed by atoms with E-state index in [0.29, 0.717) is 53.6 Å². The summed E-state index contributed by atoms with van der Waals surface area (Å²) in [5.41, 5.74) is 10.6.